The topological polar surface area (TPSA) is 46.9 Å². The van der Waals surface area contributed by atoms with Gasteiger partial charge in [-0.2, -0.15) is 0 Å². The SMILES string of the molecule is CC(C)c1cc(C(=O)Nc2ncc(Cl)s2)n(Cc2ccccc2)c1. The fraction of sp³-hybridized carbons (Fsp3) is 0.222. The van der Waals surface area contributed by atoms with Gasteiger partial charge in [-0.1, -0.05) is 67.1 Å². The fourth-order valence-corrected chi connectivity index (χ4v) is 3.23. The van der Waals surface area contributed by atoms with Crippen LogP contribution in [0.1, 0.15) is 41.4 Å². The average Bonchev–Trinajstić information content (AvgIpc) is 3.15. The summed E-state index contributed by atoms with van der Waals surface area (Å²) in [6, 6.07) is 12.0. The zero-order valence-electron chi connectivity index (χ0n) is 13.5. The van der Waals surface area contributed by atoms with Gasteiger partial charge in [-0.15, -0.1) is 0 Å². The number of rotatable bonds is 5. The maximum atomic E-state index is 12.7. The van der Waals surface area contributed by atoms with Crippen LogP contribution in [0.2, 0.25) is 4.34 Å². The zero-order valence-corrected chi connectivity index (χ0v) is 15.1. The summed E-state index contributed by atoms with van der Waals surface area (Å²) in [5, 5.41) is 3.32. The van der Waals surface area contributed by atoms with Crippen molar-refractivity contribution in [1.29, 1.82) is 0 Å². The molecule has 0 aliphatic rings. The van der Waals surface area contributed by atoms with Crippen LogP contribution in [0.3, 0.4) is 0 Å². The number of amides is 1. The van der Waals surface area contributed by atoms with E-state index in [-0.39, 0.29) is 5.91 Å². The molecule has 24 heavy (non-hydrogen) atoms. The third-order valence-electron chi connectivity index (χ3n) is 3.71. The quantitative estimate of drug-likeness (QED) is 0.695. The van der Waals surface area contributed by atoms with Crippen LogP contribution < -0.4 is 5.32 Å². The van der Waals surface area contributed by atoms with Gasteiger partial charge in [0.25, 0.3) is 5.91 Å². The van der Waals surface area contributed by atoms with Gasteiger partial charge < -0.3 is 4.57 Å². The minimum Gasteiger partial charge on any atom is -0.339 e. The molecule has 0 radical (unpaired) electrons. The molecule has 6 heteroatoms. The summed E-state index contributed by atoms with van der Waals surface area (Å²) < 4.78 is 2.53. The average molecular weight is 360 g/mol. The van der Waals surface area contributed by atoms with Crippen molar-refractivity contribution in [2.75, 3.05) is 5.32 Å². The molecule has 1 N–H and O–H groups in total. The van der Waals surface area contributed by atoms with Gasteiger partial charge >= 0.3 is 0 Å². The highest BCUT2D eigenvalue weighted by Crippen LogP contribution is 2.24. The summed E-state index contributed by atoms with van der Waals surface area (Å²) in [6.07, 6.45) is 3.58. The second-order valence-electron chi connectivity index (χ2n) is 5.85. The Morgan fingerprint density at radius 3 is 2.71 bits per heavy atom. The molecule has 2 heterocycles. The number of anilines is 1. The lowest BCUT2D eigenvalue weighted by atomic mass is 10.1. The lowest BCUT2D eigenvalue weighted by Gasteiger charge is -2.09. The summed E-state index contributed by atoms with van der Waals surface area (Å²) in [5.41, 5.74) is 2.90. The van der Waals surface area contributed by atoms with Crippen LogP contribution in [-0.2, 0) is 6.54 Å². The predicted octanol–water partition coefficient (Wildman–Crippen LogP) is 5.02. The van der Waals surface area contributed by atoms with Crippen molar-refractivity contribution >= 4 is 34.0 Å². The number of carbonyl (C=O) groups excluding carboxylic acids is 1. The van der Waals surface area contributed by atoms with Crippen LogP contribution >= 0.6 is 22.9 Å². The Kier molecular flexibility index (Phi) is 5.02. The maximum absolute atomic E-state index is 12.7. The number of nitrogens with zero attached hydrogens (tertiary/aromatic N) is 2. The smallest absolute Gasteiger partial charge is 0.274 e. The van der Waals surface area contributed by atoms with Crippen LogP contribution in [0.4, 0.5) is 5.13 Å². The van der Waals surface area contributed by atoms with E-state index in [4.69, 9.17) is 11.6 Å². The van der Waals surface area contributed by atoms with Crippen molar-refractivity contribution in [2.24, 2.45) is 0 Å². The third kappa shape index (κ3) is 3.86. The highest BCUT2D eigenvalue weighted by atomic mass is 35.5. The Morgan fingerprint density at radius 1 is 1.33 bits per heavy atom. The molecule has 0 fully saturated rings. The summed E-state index contributed by atoms with van der Waals surface area (Å²) in [7, 11) is 0. The molecule has 0 saturated heterocycles. The zero-order chi connectivity index (χ0) is 17.1. The van der Waals surface area contributed by atoms with E-state index in [1.807, 2.05) is 35.0 Å². The Balaban J connectivity index is 1.88. The number of thiazole rings is 1. The summed E-state index contributed by atoms with van der Waals surface area (Å²) in [5.74, 6) is 0.173. The monoisotopic (exact) mass is 359 g/mol. The number of nitrogens with one attached hydrogen (secondary N) is 1. The lowest BCUT2D eigenvalue weighted by molar-refractivity contribution is 0.101. The first-order chi connectivity index (χ1) is 11.5. The van der Waals surface area contributed by atoms with Crippen molar-refractivity contribution in [3.8, 4) is 0 Å². The van der Waals surface area contributed by atoms with E-state index in [2.05, 4.69) is 36.3 Å². The highest BCUT2D eigenvalue weighted by molar-refractivity contribution is 7.19. The number of carbonyl (C=O) groups is 1. The van der Waals surface area contributed by atoms with Crippen molar-refractivity contribution in [2.45, 2.75) is 26.3 Å². The van der Waals surface area contributed by atoms with E-state index < -0.39 is 0 Å². The first-order valence-electron chi connectivity index (χ1n) is 7.69. The molecule has 2 aromatic heterocycles. The summed E-state index contributed by atoms with van der Waals surface area (Å²) >= 11 is 7.12. The van der Waals surface area contributed by atoms with E-state index in [9.17, 15) is 4.79 Å². The number of aromatic nitrogens is 2. The summed E-state index contributed by atoms with van der Waals surface area (Å²) in [6.45, 7) is 4.88. The lowest BCUT2D eigenvalue weighted by Crippen LogP contribution is -2.17. The van der Waals surface area contributed by atoms with Gasteiger partial charge in [-0.25, -0.2) is 4.98 Å². The molecule has 0 saturated carbocycles. The molecular weight excluding hydrogens is 342 g/mol. The normalized spacial score (nSPS) is 11.0. The van der Waals surface area contributed by atoms with E-state index >= 15 is 0 Å². The van der Waals surface area contributed by atoms with Gasteiger partial charge in [0.15, 0.2) is 5.13 Å². The number of hydrogen-bond acceptors (Lipinski definition) is 3. The number of benzene rings is 1. The van der Waals surface area contributed by atoms with Crippen LogP contribution in [-0.4, -0.2) is 15.5 Å². The molecule has 0 bridgehead atoms. The van der Waals surface area contributed by atoms with Crippen molar-refractivity contribution < 1.29 is 4.79 Å². The van der Waals surface area contributed by atoms with Gasteiger partial charge in [0.1, 0.15) is 10.0 Å². The largest absolute Gasteiger partial charge is 0.339 e. The van der Waals surface area contributed by atoms with Gasteiger partial charge in [0, 0.05) is 12.7 Å². The van der Waals surface area contributed by atoms with Crippen molar-refractivity contribution in [3.63, 3.8) is 0 Å². The molecule has 4 nitrogen and oxygen atoms in total. The predicted molar refractivity (Wildman–Crippen MR) is 99.1 cm³/mol. The molecule has 1 amide bonds. The summed E-state index contributed by atoms with van der Waals surface area (Å²) in [4.78, 5) is 16.7. The molecule has 124 valence electrons. The van der Waals surface area contributed by atoms with Crippen LogP contribution in [0, 0.1) is 0 Å². The first kappa shape index (κ1) is 16.7. The molecule has 0 aliphatic carbocycles. The van der Waals surface area contributed by atoms with Gasteiger partial charge in [-0.3, -0.25) is 10.1 Å². The molecule has 1 aromatic carbocycles. The van der Waals surface area contributed by atoms with Crippen LogP contribution in [0.15, 0.2) is 48.8 Å². The van der Waals surface area contributed by atoms with Gasteiger partial charge in [-0.05, 0) is 23.1 Å². The van der Waals surface area contributed by atoms with E-state index in [0.717, 1.165) is 11.1 Å². The van der Waals surface area contributed by atoms with Crippen LogP contribution in [0.5, 0.6) is 0 Å². The second-order valence-corrected chi connectivity index (χ2v) is 7.51. The standard InChI is InChI=1S/C18H18ClN3OS/c1-12(2)14-8-15(17(23)21-18-20-9-16(19)24-18)22(11-14)10-13-6-4-3-5-7-13/h3-9,11-12H,10H2,1-2H3,(H,20,21,23). The molecule has 0 atom stereocenters. The minimum absolute atomic E-state index is 0.177. The Morgan fingerprint density at radius 2 is 2.08 bits per heavy atom. The Hall–Kier alpha value is -2.11. The van der Waals surface area contributed by atoms with Crippen molar-refractivity contribution in [1.82, 2.24) is 9.55 Å². The second kappa shape index (κ2) is 7.20. The molecular formula is C18H18ClN3OS. The fourth-order valence-electron chi connectivity index (χ4n) is 2.42. The maximum Gasteiger partial charge on any atom is 0.274 e. The molecule has 0 spiro atoms. The Bertz CT molecular complexity index is 839. The third-order valence-corrected chi connectivity index (χ3v) is 4.74. The molecule has 0 unspecified atom stereocenters. The Labute approximate surface area is 150 Å². The van der Waals surface area contributed by atoms with E-state index in [1.165, 1.54) is 17.5 Å². The first-order valence-corrected chi connectivity index (χ1v) is 8.89. The molecule has 0 aliphatic heterocycles. The van der Waals surface area contributed by atoms with E-state index in [0.29, 0.717) is 27.6 Å². The van der Waals surface area contributed by atoms with E-state index in [1.54, 1.807) is 0 Å². The minimum atomic E-state index is -0.177. The molecule has 3 aromatic rings. The van der Waals surface area contributed by atoms with Crippen molar-refractivity contribution in [3.05, 3.63) is 69.9 Å². The number of halogens is 1. The number of hydrogen-bond donors (Lipinski definition) is 1. The van der Waals surface area contributed by atoms with Gasteiger partial charge in [0.05, 0.1) is 6.20 Å². The highest BCUT2D eigenvalue weighted by Gasteiger charge is 2.17. The molecule has 3 rings (SSSR count). The van der Waals surface area contributed by atoms with Gasteiger partial charge in [0.2, 0.25) is 0 Å². The van der Waals surface area contributed by atoms with Crippen LogP contribution in [0.25, 0.3) is 0 Å².